The van der Waals surface area contributed by atoms with Gasteiger partial charge in [-0.25, -0.2) is 0 Å². The summed E-state index contributed by atoms with van der Waals surface area (Å²) in [4.78, 5) is 23.6. The molecule has 0 aliphatic heterocycles. The summed E-state index contributed by atoms with van der Waals surface area (Å²) in [6.07, 6.45) is 0.383. The maximum absolute atomic E-state index is 11.8. The van der Waals surface area contributed by atoms with E-state index in [0.29, 0.717) is 13.2 Å². The van der Waals surface area contributed by atoms with Crippen molar-refractivity contribution in [1.82, 2.24) is 0 Å². The lowest BCUT2D eigenvalue weighted by molar-refractivity contribution is -0.145. The summed E-state index contributed by atoms with van der Waals surface area (Å²) in [5.74, 6) is -0.775. The molecule has 0 radical (unpaired) electrons. The van der Waals surface area contributed by atoms with Crippen molar-refractivity contribution in [1.29, 1.82) is 0 Å². The molecule has 0 saturated carbocycles. The van der Waals surface area contributed by atoms with Crippen LogP contribution in [0.2, 0.25) is 0 Å². The van der Waals surface area contributed by atoms with Crippen LogP contribution in [-0.4, -0.2) is 25.2 Å². The number of rotatable bonds is 7. The molecule has 0 aliphatic rings. The van der Waals surface area contributed by atoms with Crippen molar-refractivity contribution < 1.29 is 19.1 Å². The number of hydrogen-bond donors (Lipinski definition) is 0. The van der Waals surface area contributed by atoms with E-state index in [1.807, 2.05) is 32.0 Å². The molecule has 0 N–H and O–H groups in total. The molecule has 1 aromatic rings. The normalized spacial score (nSPS) is 10.5. The minimum atomic E-state index is -0.285. The first kappa shape index (κ1) is 17.2. The molecule has 21 heavy (non-hydrogen) atoms. The Hall–Kier alpha value is -1.84. The van der Waals surface area contributed by atoms with Gasteiger partial charge in [-0.05, 0) is 44.4 Å². The number of aryl methyl sites for hydroxylation is 1. The lowest BCUT2D eigenvalue weighted by Gasteiger charge is -2.19. The Bertz CT molecular complexity index is 474. The number of ether oxygens (including phenoxy) is 2. The molecule has 0 aromatic heterocycles. The molecule has 0 heterocycles. The third-order valence-corrected chi connectivity index (χ3v) is 3.52. The van der Waals surface area contributed by atoms with Gasteiger partial charge < -0.3 is 9.47 Å². The molecular weight excluding hydrogens is 268 g/mol. The van der Waals surface area contributed by atoms with Gasteiger partial charge in [-0.1, -0.05) is 18.2 Å². The van der Waals surface area contributed by atoms with Crippen LogP contribution in [0.3, 0.4) is 0 Å². The van der Waals surface area contributed by atoms with E-state index >= 15 is 0 Å². The highest BCUT2D eigenvalue weighted by atomic mass is 16.5. The summed E-state index contributed by atoms with van der Waals surface area (Å²) >= 11 is 0. The van der Waals surface area contributed by atoms with Crippen LogP contribution < -0.4 is 0 Å². The zero-order valence-electron chi connectivity index (χ0n) is 13.3. The third-order valence-electron chi connectivity index (χ3n) is 3.52. The monoisotopic (exact) mass is 292 g/mol. The molecule has 4 nitrogen and oxygen atoms in total. The molecular formula is C17H24O4. The van der Waals surface area contributed by atoms with Crippen molar-refractivity contribution in [3.05, 3.63) is 34.9 Å². The maximum Gasteiger partial charge on any atom is 0.306 e. The summed E-state index contributed by atoms with van der Waals surface area (Å²) in [5.41, 5.74) is 3.26. The predicted molar refractivity (Wildman–Crippen MR) is 81.2 cm³/mol. The highest BCUT2D eigenvalue weighted by Gasteiger charge is 2.22. The summed E-state index contributed by atoms with van der Waals surface area (Å²) in [7, 11) is 0. The molecule has 0 saturated heterocycles. The summed E-state index contributed by atoms with van der Waals surface area (Å²) in [5, 5.41) is 0. The average molecular weight is 292 g/mol. The van der Waals surface area contributed by atoms with Crippen LogP contribution >= 0.6 is 0 Å². The zero-order chi connectivity index (χ0) is 15.8. The maximum atomic E-state index is 11.8. The molecule has 0 aliphatic carbocycles. The quantitative estimate of drug-likeness (QED) is 0.724. The third kappa shape index (κ3) is 5.21. The molecule has 0 unspecified atom stereocenters. The van der Waals surface area contributed by atoms with Crippen molar-refractivity contribution in [3.8, 4) is 0 Å². The zero-order valence-corrected chi connectivity index (χ0v) is 13.3. The summed E-state index contributed by atoms with van der Waals surface area (Å²) in [6, 6.07) is 5.93. The molecule has 0 fully saturated rings. The highest BCUT2D eigenvalue weighted by Crippen LogP contribution is 2.29. The fraction of sp³-hybridized carbons (Fsp3) is 0.529. The van der Waals surface area contributed by atoms with Gasteiger partial charge in [0.2, 0.25) is 0 Å². The van der Waals surface area contributed by atoms with Crippen LogP contribution in [-0.2, 0) is 19.1 Å². The average Bonchev–Trinajstić information content (AvgIpc) is 2.41. The number of benzene rings is 1. The second-order valence-corrected chi connectivity index (χ2v) is 5.00. The van der Waals surface area contributed by atoms with E-state index in [2.05, 4.69) is 0 Å². The van der Waals surface area contributed by atoms with E-state index in [1.165, 1.54) is 0 Å². The highest BCUT2D eigenvalue weighted by molar-refractivity contribution is 5.75. The van der Waals surface area contributed by atoms with Crippen molar-refractivity contribution in [3.63, 3.8) is 0 Å². The Balaban J connectivity index is 2.97. The molecule has 1 aromatic carbocycles. The van der Waals surface area contributed by atoms with Crippen molar-refractivity contribution >= 4 is 11.9 Å². The Morgan fingerprint density at radius 3 is 2.00 bits per heavy atom. The van der Waals surface area contributed by atoms with Gasteiger partial charge in [0, 0.05) is 5.92 Å². The minimum Gasteiger partial charge on any atom is -0.466 e. The largest absolute Gasteiger partial charge is 0.466 e. The van der Waals surface area contributed by atoms with E-state index < -0.39 is 0 Å². The minimum absolute atomic E-state index is 0.191. The number of carbonyl (C=O) groups is 2. The molecule has 4 heteroatoms. The Labute approximate surface area is 126 Å². The van der Waals surface area contributed by atoms with Crippen LogP contribution in [0, 0.1) is 13.8 Å². The standard InChI is InChI=1S/C17H24O4/c1-5-20-16(18)10-14(11-17(19)21-6-2)15-9-7-8-12(3)13(15)4/h7-9,14H,5-6,10-11H2,1-4H3. The molecule has 0 atom stereocenters. The molecule has 0 bridgehead atoms. The number of esters is 2. The lowest BCUT2D eigenvalue weighted by Crippen LogP contribution is -2.16. The second-order valence-electron chi connectivity index (χ2n) is 5.00. The molecule has 116 valence electrons. The van der Waals surface area contributed by atoms with Crippen LogP contribution in [0.5, 0.6) is 0 Å². The van der Waals surface area contributed by atoms with Gasteiger partial charge in [0.15, 0.2) is 0 Å². The van der Waals surface area contributed by atoms with Gasteiger partial charge in [-0.3, -0.25) is 9.59 Å². The van der Waals surface area contributed by atoms with Gasteiger partial charge in [-0.15, -0.1) is 0 Å². The Morgan fingerprint density at radius 2 is 1.52 bits per heavy atom. The van der Waals surface area contributed by atoms with E-state index in [0.717, 1.165) is 16.7 Å². The first-order valence-electron chi connectivity index (χ1n) is 7.36. The lowest BCUT2D eigenvalue weighted by atomic mass is 9.87. The number of hydrogen-bond acceptors (Lipinski definition) is 4. The van der Waals surface area contributed by atoms with Crippen LogP contribution in [0.1, 0.15) is 49.3 Å². The van der Waals surface area contributed by atoms with Crippen LogP contribution in [0.25, 0.3) is 0 Å². The van der Waals surface area contributed by atoms with Crippen molar-refractivity contribution in [2.45, 2.75) is 46.5 Å². The molecule has 1 rings (SSSR count). The Morgan fingerprint density at radius 1 is 1.00 bits per heavy atom. The second kappa shape index (κ2) is 8.45. The fourth-order valence-corrected chi connectivity index (χ4v) is 2.35. The van der Waals surface area contributed by atoms with E-state index in [-0.39, 0.29) is 30.7 Å². The van der Waals surface area contributed by atoms with Crippen LogP contribution in [0.15, 0.2) is 18.2 Å². The van der Waals surface area contributed by atoms with Gasteiger partial charge >= 0.3 is 11.9 Å². The fourth-order valence-electron chi connectivity index (χ4n) is 2.35. The van der Waals surface area contributed by atoms with Gasteiger partial charge in [-0.2, -0.15) is 0 Å². The van der Waals surface area contributed by atoms with Crippen LogP contribution in [0.4, 0.5) is 0 Å². The topological polar surface area (TPSA) is 52.6 Å². The predicted octanol–water partition coefficient (Wildman–Crippen LogP) is 3.29. The summed E-state index contributed by atoms with van der Waals surface area (Å²) in [6.45, 7) is 8.26. The summed E-state index contributed by atoms with van der Waals surface area (Å²) < 4.78 is 10.0. The smallest absolute Gasteiger partial charge is 0.306 e. The van der Waals surface area contributed by atoms with Crippen molar-refractivity contribution in [2.75, 3.05) is 13.2 Å². The number of carbonyl (C=O) groups excluding carboxylic acids is 2. The first-order valence-corrected chi connectivity index (χ1v) is 7.36. The van der Waals surface area contributed by atoms with E-state index in [4.69, 9.17) is 9.47 Å². The molecule has 0 amide bonds. The van der Waals surface area contributed by atoms with Gasteiger partial charge in [0.1, 0.15) is 0 Å². The SMILES string of the molecule is CCOC(=O)CC(CC(=O)OCC)c1cccc(C)c1C. The van der Waals surface area contributed by atoms with E-state index in [1.54, 1.807) is 13.8 Å². The van der Waals surface area contributed by atoms with Gasteiger partial charge in [0.05, 0.1) is 26.1 Å². The van der Waals surface area contributed by atoms with Gasteiger partial charge in [0.25, 0.3) is 0 Å². The van der Waals surface area contributed by atoms with Crippen molar-refractivity contribution in [2.24, 2.45) is 0 Å². The Kier molecular flexibility index (Phi) is 6.92. The first-order chi connectivity index (χ1) is 9.99. The van der Waals surface area contributed by atoms with E-state index in [9.17, 15) is 9.59 Å². The molecule has 0 spiro atoms.